The van der Waals surface area contributed by atoms with Crippen LogP contribution in [0, 0.1) is 18.3 Å². The smallest absolute Gasteiger partial charge is 0.236 e. The van der Waals surface area contributed by atoms with Gasteiger partial charge in [0.15, 0.2) is 0 Å². The summed E-state index contributed by atoms with van der Waals surface area (Å²) in [6, 6.07) is 5.70. The van der Waals surface area contributed by atoms with E-state index in [4.69, 9.17) is 5.73 Å². The number of nitrogens with two attached hydrogens (primary N) is 1. The molecule has 122 valence electrons. The highest BCUT2D eigenvalue weighted by Crippen LogP contribution is 2.46. The molecular formula is C17H22N4O2. The summed E-state index contributed by atoms with van der Waals surface area (Å²) in [7, 11) is 0. The predicted octanol–water partition coefficient (Wildman–Crippen LogP) is 1.95. The second-order valence-electron chi connectivity index (χ2n) is 6.78. The minimum Gasteiger partial charge on any atom is -0.369 e. The number of imidazole rings is 1. The first kappa shape index (κ1) is 15.5. The summed E-state index contributed by atoms with van der Waals surface area (Å²) in [5, 5.41) is 2.96. The van der Waals surface area contributed by atoms with Gasteiger partial charge in [0.2, 0.25) is 11.8 Å². The number of aromatic amines is 1. The lowest BCUT2D eigenvalue weighted by Crippen LogP contribution is -2.43. The lowest BCUT2D eigenvalue weighted by Gasteiger charge is -2.22. The van der Waals surface area contributed by atoms with Gasteiger partial charge in [-0.3, -0.25) is 9.59 Å². The van der Waals surface area contributed by atoms with Crippen molar-refractivity contribution in [3.05, 3.63) is 29.6 Å². The molecule has 0 saturated heterocycles. The maximum absolute atomic E-state index is 12.5. The summed E-state index contributed by atoms with van der Waals surface area (Å²) in [6.45, 7) is 6.03. The van der Waals surface area contributed by atoms with Crippen LogP contribution < -0.4 is 11.1 Å². The molecule has 2 aromatic rings. The molecule has 6 heteroatoms. The van der Waals surface area contributed by atoms with Gasteiger partial charge in [-0.1, -0.05) is 19.9 Å². The molecule has 23 heavy (non-hydrogen) atoms. The van der Waals surface area contributed by atoms with Gasteiger partial charge in [0, 0.05) is 0 Å². The van der Waals surface area contributed by atoms with Crippen molar-refractivity contribution in [2.45, 2.75) is 39.7 Å². The third-order valence-electron chi connectivity index (χ3n) is 4.56. The fourth-order valence-corrected chi connectivity index (χ4v) is 2.83. The van der Waals surface area contributed by atoms with Crippen LogP contribution in [-0.2, 0) is 9.59 Å². The first-order valence-electron chi connectivity index (χ1n) is 7.90. The number of nitrogens with one attached hydrogen (secondary N) is 2. The van der Waals surface area contributed by atoms with Crippen molar-refractivity contribution < 1.29 is 9.59 Å². The van der Waals surface area contributed by atoms with Gasteiger partial charge in [-0.15, -0.1) is 0 Å². The van der Waals surface area contributed by atoms with Crippen molar-refractivity contribution in [3.8, 4) is 0 Å². The summed E-state index contributed by atoms with van der Waals surface area (Å²) in [5.74, 6) is -0.00317. The van der Waals surface area contributed by atoms with Crippen LogP contribution in [0.25, 0.3) is 11.0 Å². The third-order valence-corrected chi connectivity index (χ3v) is 4.56. The van der Waals surface area contributed by atoms with Crippen LogP contribution in [0.1, 0.15) is 44.1 Å². The van der Waals surface area contributed by atoms with Gasteiger partial charge in [-0.2, -0.15) is 0 Å². The lowest BCUT2D eigenvalue weighted by atomic mass is 10.00. The quantitative estimate of drug-likeness (QED) is 0.735. The minimum atomic E-state index is -1.02. The SMILES string of the molecule is Cc1ccc2nc([C@@H](NC(=O)C3(C(N)=O)CC3)C(C)C)[nH]c2c1. The predicted molar refractivity (Wildman–Crippen MR) is 87.4 cm³/mol. The fraction of sp³-hybridized carbons (Fsp3) is 0.471. The molecule has 1 aliphatic rings. The summed E-state index contributed by atoms with van der Waals surface area (Å²) in [4.78, 5) is 31.9. The average molecular weight is 314 g/mol. The van der Waals surface area contributed by atoms with Crippen LogP contribution in [0.3, 0.4) is 0 Å². The van der Waals surface area contributed by atoms with E-state index in [2.05, 4.69) is 15.3 Å². The molecule has 1 saturated carbocycles. The maximum atomic E-state index is 12.5. The fourth-order valence-electron chi connectivity index (χ4n) is 2.83. The van der Waals surface area contributed by atoms with Crippen LogP contribution in [0.4, 0.5) is 0 Å². The van der Waals surface area contributed by atoms with Crippen LogP contribution in [0.2, 0.25) is 0 Å². The van der Waals surface area contributed by atoms with E-state index in [1.807, 2.05) is 39.0 Å². The van der Waals surface area contributed by atoms with E-state index in [0.717, 1.165) is 16.6 Å². The number of amides is 2. The molecule has 1 aromatic heterocycles. The van der Waals surface area contributed by atoms with Gasteiger partial charge in [0.05, 0.1) is 17.1 Å². The number of nitrogens with zero attached hydrogens (tertiary/aromatic N) is 1. The lowest BCUT2D eigenvalue weighted by molar-refractivity contribution is -0.136. The first-order valence-corrected chi connectivity index (χ1v) is 7.90. The highest BCUT2D eigenvalue weighted by Gasteiger charge is 2.55. The molecule has 0 radical (unpaired) electrons. The Balaban J connectivity index is 1.89. The van der Waals surface area contributed by atoms with Gasteiger partial charge in [-0.05, 0) is 43.4 Å². The molecule has 1 aromatic carbocycles. The molecule has 1 fully saturated rings. The Morgan fingerprint density at radius 1 is 1.35 bits per heavy atom. The van der Waals surface area contributed by atoms with Gasteiger partial charge in [-0.25, -0.2) is 4.98 Å². The van der Waals surface area contributed by atoms with Crippen molar-refractivity contribution >= 4 is 22.8 Å². The van der Waals surface area contributed by atoms with Gasteiger partial charge < -0.3 is 16.0 Å². The number of carbonyl (C=O) groups excluding carboxylic acids is 2. The second kappa shape index (κ2) is 5.37. The van der Waals surface area contributed by atoms with E-state index in [1.54, 1.807) is 0 Å². The molecule has 0 spiro atoms. The summed E-state index contributed by atoms with van der Waals surface area (Å²) in [5.41, 5.74) is 7.31. The molecule has 0 unspecified atom stereocenters. The van der Waals surface area contributed by atoms with Crippen molar-refractivity contribution in [1.29, 1.82) is 0 Å². The Labute approximate surface area is 134 Å². The van der Waals surface area contributed by atoms with E-state index < -0.39 is 11.3 Å². The van der Waals surface area contributed by atoms with Crippen molar-refractivity contribution in [3.63, 3.8) is 0 Å². The summed E-state index contributed by atoms with van der Waals surface area (Å²) >= 11 is 0. The summed E-state index contributed by atoms with van der Waals surface area (Å²) < 4.78 is 0. The zero-order valence-corrected chi connectivity index (χ0v) is 13.6. The maximum Gasteiger partial charge on any atom is 0.236 e. The molecule has 1 heterocycles. The molecule has 3 rings (SSSR count). The van der Waals surface area contributed by atoms with Crippen molar-refractivity contribution in [2.75, 3.05) is 0 Å². The largest absolute Gasteiger partial charge is 0.369 e. The zero-order chi connectivity index (χ0) is 16.8. The van der Waals surface area contributed by atoms with Gasteiger partial charge in [0.1, 0.15) is 11.2 Å². The number of rotatable bonds is 5. The topological polar surface area (TPSA) is 101 Å². The molecule has 1 aliphatic carbocycles. The van der Waals surface area contributed by atoms with E-state index in [1.165, 1.54) is 0 Å². The Morgan fingerprint density at radius 2 is 2.04 bits per heavy atom. The molecule has 0 aliphatic heterocycles. The Morgan fingerprint density at radius 3 is 2.61 bits per heavy atom. The standard InChI is InChI=1S/C17H22N4O2/c1-9(2)13(21-16(23)17(6-7-17)15(18)22)14-19-11-5-4-10(3)8-12(11)20-14/h4-5,8-9,13H,6-7H2,1-3H3,(H2,18,22)(H,19,20)(H,21,23)/t13-/m0/s1. The van der Waals surface area contributed by atoms with Crippen LogP contribution >= 0.6 is 0 Å². The molecule has 6 nitrogen and oxygen atoms in total. The Bertz CT molecular complexity index is 774. The Hall–Kier alpha value is -2.37. The molecule has 0 bridgehead atoms. The average Bonchev–Trinajstić information content (AvgIpc) is 3.19. The van der Waals surface area contributed by atoms with Gasteiger partial charge >= 0.3 is 0 Å². The second-order valence-corrected chi connectivity index (χ2v) is 6.78. The zero-order valence-electron chi connectivity index (χ0n) is 13.6. The van der Waals surface area contributed by atoms with Crippen molar-refractivity contribution in [1.82, 2.24) is 15.3 Å². The van der Waals surface area contributed by atoms with E-state index in [0.29, 0.717) is 18.7 Å². The highest BCUT2D eigenvalue weighted by molar-refractivity contribution is 6.07. The Kier molecular flexibility index (Phi) is 3.62. The third kappa shape index (κ3) is 2.69. The van der Waals surface area contributed by atoms with Crippen LogP contribution in [0.5, 0.6) is 0 Å². The normalized spacial score (nSPS) is 17.2. The molecule has 4 N–H and O–H groups in total. The minimum absolute atomic E-state index is 0.129. The monoisotopic (exact) mass is 314 g/mol. The number of H-pyrrole nitrogens is 1. The van der Waals surface area contributed by atoms with Crippen LogP contribution in [0.15, 0.2) is 18.2 Å². The molecule has 2 amide bonds. The molecular weight excluding hydrogens is 292 g/mol. The summed E-state index contributed by atoms with van der Waals surface area (Å²) in [6.07, 6.45) is 1.05. The number of carbonyl (C=O) groups is 2. The number of hydrogen-bond acceptors (Lipinski definition) is 3. The number of aromatic nitrogens is 2. The van der Waals surface area contributed by atoms with E-state index in [-0.39, 0.29) is 17.9 Å². The number of hydrogen-bond donors (Lipinski definition) is 3. The number of aryl methyl sites for hydroxylation is 1. The number of benzene rings is 1. The first-order chi connectivity index (χ1) is 10.8. The highest BCUT2D eigenvalue weighted by atomic mass is 16.2. The van der Waals surface area contributed by atoms with Gasteiger partial charge in [0.25, 0.3) is 0 Å². The van der Waals surface area contributed by atoms with E-state index >= 15 is 0 Å². The number of primary amides is 1. The van der Waals surface area contributed by atoms with Crippen LogP contribution in [-0.4, -0.2) is 21.8 Å². The number of fused-ring (bicyclic) bond motifs is 1. The molecule has 1 atom stereocenters. The van der Waals surface area contributed by atoms with Crippen molar-refractivity contribution in [2.24, 2.45) is 17.1 Å². The van der Waals surface area contributed by atoms with E-state index in [9.17, 15) is 9.59 Å².